The van der Waals surface area contributed by atoms with Gasteiger partial charge in [-0.15, -0.1) is 11.6 Å². The van der Waals surface area contributed by atoms with Crippen LogP contribution in [-0.2, 0) is 14.9 Å². The van der Waals surface area contributed by atoms with Crippen LogP contribution < -0.4 is 0 Å². The van der Waals surface area contributed by atoms with Crippen molar-refractivity contribution in [3.63, 3.8) is 0 Å². The van der Waals surface area contributed by atoms with Crippen LogP contribution in [0.4, 0.5) is 0 Å². The molecule has 2 aliphatic rings. The molecule has 0 spiro atoms. The Morgan fingerprint density at radius 2 is 2.00 bits per heavy atom. The molecule has 0 aliphatic carbocycles. The normalized spacial score (nSPS) is 28.1. The highest BCUT2D eigenvalue weighted by molar-refractivity contribution is 7.86. The lowest BCUT2D eigenvalue weighted by Crippen LogP contribution is -2.49. The van der Waals surface area contributed by atoms with Crippen molar-refractivity contribution in [2.45, 2.75) is 25.3 Å². The Labute approximate surface area is 114 Å². The Morgan fingerprint density at radius 3 is 2.50 bits per heavy atom. The van der Waals surface area contributed by atoms with E-state index in [9.17, 15) is 8.42 Å². The van der Waals surface area contributed by atoms with E-state index in [2.05, 4.69) is 0 Å². The van der Waals surface area contributed by atoms with Crippen LogP contribution in [0.2, 0.25) is 0 Å². The summed E-state index contributed by atoms with van der Waals surface area (Å²) in [6, 6.07) is -0.0132. The van der Waals surface area contributed by atoms with Crippen molar-refractivity contribution in [3.05, 3.63) is 0 Å². The molecule has 2 fully saturated rings. The van der Waals surface area contributed by atoms with Crippen LogP contribution in [0.25, 0.3) is 0 Å². The van der Waals surface area contributed by atoms with Crippen LogP contribution in [0.3, 0.4) is 0 Å². The van der Waals surface area contributed by atoms with E-state index in [4.69, 9.17) is 16.3 Å². The molecule has 106 valence electrons. The molecule has 2 heterocycles. The first kappa shape index (κ1) is 14.5. The third kappa shape index (κ3) is 2.99. The molecule has 5 nitrogen and oxygen atoms in total. The molecule has 0 aromatic rings. The number of hydrogen-bond donors (Lipinski definition) is 0. The lowest BCUT2D eigenvalue weighted by Gasteiger charge is -2.34. The number of hydrogen-bond acceptors (Lipinski definition) is 3. The number of piperidine rings is 1. The maximum Gasteiger partial charge on any atom is 0.282 e. The Balaban J connectivity index is 1.98. The van der Waals surface area contributed by atoms with Gasteiger partial charge in [0.15, 0.2) is 0 Å². The number of rotatable bonds is 4. The third-order valence-electron chi connectivity index (χ3n) is 3.90. The molecule has 18 heavy (non-hydrogen) atoms. The third-order valence-corrected chi connectivity index (χ3v) is 6.38. The molecule has 1 atom stereocenters. The van der Waals surface area contributed by atoms with E-state index in [1.54, 1.807) is 11.4 Å². The molecule has 2 aliphatic heterocycles. The summed E-state index contributed by atoms with van der Waals surface area (Å²) in [5.41, 5.74) is 0. The fourth-order valence-corrected chi connectivity index (χ4v) is 4.36. The fraction of sp³-hybridized carbons (Fsp3) is 1.00. The second kappa shape index (κ2) is 6.05. The predicted octanol–water partition coefficient (Wildman–Crippen LogP) is 0.903. The predicted molar refractivity (Wildman–Crippen MR) is 70.9 cm³/mol. The van der Waals surface area contributed by atoms with E-state index in [1.807, 2.05) is 0 Å². The Hall–Kier alpha value is 0.120. The molecule has 0 amide bonds. The van der Waals surface area contributed by atoms with Crippen molar-refractivity contribution in [2.75, 3.05) is 39.2 Å². The highest BCUT2D eigenvalue weighted by atomic mass is 35.5. The fourth-order valence-electron chi connectivity index (χ4n) is 2.47. The number of nitrogens with zero attached hydrogens (tertiary/aromatic N) is 2. The standard InChI is InChI=1S/C11H21ClN2O3S/c1-13(11-4-7-17-9-11)18(15,16)14-5-2-10(8-12)3-6-14/h10-11H,2-9H2,1H3. The van der Waals surface area contributed by atoms with Gasteiger partial charge in [0, 0.05) is 32.6 Å². The van der Waals surface area contributed by atoms with Gasteiger partial charge in [0.1, 0.15) is 0 Å². The Morgan fingerprint density at radius 1 is 1.33 bits per heavy atom. The number of halogens is 1. The van der Waals surface area contributed by atoms with Crippen molar-refractivity contribution in [1.82, 2.24) is 8.61 Å². The van der Waals surface area contributed by atoms with E-state index in [0.29, 0.717) is 38.1 Å². The van der Waals surface area contributed by atoms with Gasteiger partial charge in [-0.1, -0.05) is 0 Å². The summed E-state index contributed by atoms with van der Waals surface area (Å²) < 4.78 is 33.2. The molecule has 0 radical (unpaired) electrons. The molecular weight excluding hydrogens is 276 g/mol. The minimum Gasteiger partial charge on any atom is -0.380 e. The summed E-state index contributed by atoms with van der Waals surface area (Å²) in [6.07, 6.45) is 2.50. The molecule has 0 aromatic carbocycles. The summed E-state index contributed by atoms with van der Waals surface area (Å²) in [5, 5.41) is 0. The van der Waals surface area contributed by atoms with Gasteiger partial charge in [0.05, 0.1) is 12.6 Å². The first-order valence-electron chi connectivity index (χ1n) is 6.42. The maximum absolute atomic E-state index is 12.4. The van der Waals surface area contributed by atoms with Gasteiger partial charge >= 0.3 is 0 Å². The van der Waals surface area contributed by atoms with Crippen molar-refractivity contribution in [3.8, 4) is 0 Å². The first-order valence-corrected chi connectivity index (χ1v) is 8.35. The van der Waals surface area contributed by atoms with Gasteiger partial charge in [0.25, 0.3) is 10.2 Å². The van der Waals surface area contributed by atoms with E-state index in [0.717, 1.165) is 19.3 Å². The van der Waals surface area contributed by atoms with Gasteiger partial charge in [-0.05, 0) is 25.2 Å². The maximum atomic E-state index is 12.4. The monoisotopic (exact) mass is 296 g/mol. The molecule has 0 saturated carbocycles. The quantitative estimate of drug-likeness (QED) is 0.725. The summed E-state index contributed by atoms with van der Waals surface area (Å²) in [6.45, 7) is 2.32. The molecular formula is C11H21ClN2O3S. The van der Waals surface area contributed by atoms with Gasteiger partial charge in [-0.2, -0.15) is 17.0 Å². The second-order valence-electron chi connectivity index (χ2n) is 5.04. The zero-order valence-corrected chi connectivity index (χ0v) is 12.3. The van der Waals surface area contributed by atoms with Crippen molar-refractivity contribution >= 4 is 21.8 Å². The zero-order chi connectivity index (χ0) is 13.2. The van der Waals surface area contributed by atoms with E-state index < -0.39 is 10.2 Å². The van der Waals surface area contributed by atoms with Crippen LogP contribution in [0, 0.1) is 5.92 Å². The largest absolute Gasteiger partial charge is 0.380 e. The van der Waals surface area contributed by atoms with Crippen molar-refractivity contribution in [1.29, 1.82) is 0 Å². The van der Waals surface area contributed by atoms with Crippen LogP contribution >= 0.6 is 11.6 Å². The highest BCUT2D eigenvalue weighted by Crippen LogP contribution is 2.24. The zero-order valence-electron chi connectivity index (χ0n) is 10.7. The molecule has 7 heteroatoms. The minimum absolute atomic E-state index is 0.0132. The van der Waals surface area contributed by atoms with Crippen molar-refractivity contribution < 1.29 is 13.2 Å². The summed E-state index contributed by atoms with van der Waals surface area (Å²) in [4.78, 5) is 0. The molecule has 0 bridgehead atoms. The van der Waals surface area contributed by atoms with Gasteiger partial charge in [-0.3, -0.25) is 0 Å². The summed E-state index contributed by atoms with van der Waals surface area (Å²) in [7, 11) is -1.68. The number of alkyl halides is 1. The minimum atomic E-state index is -3.33. The molecule has 0 aromatic heterocycles. The van der Waals surface area contributed by atoms with Gasteiger partial charge in [0.2, 0.25) is 0 Å². The molecule has 2 rings (SSSR count). The van der Waals surface area contributed by atoms with Crippen LogP contribution in [0.1, 0.15) is 19.3 Å². The lowest BCUT2D eigenvalue weighted by atomic mass is 10.0. The average molecular weight is 297 g/mol. The van der Waals surface area contributed by atoms with Crippen LogP contribution in [0.15, 0.2) is 0 Å². The number of ether oxygens (including phenoxy) is 1. The SMILES string of the molecule is CN(C1CCOC1)S(=O)(=O)N1CCC(CCl)CC1. The van der Waals surface area contributed by atoms with Crippen LogP contribution in [0.5, 0.6) is 0 Å². The highest BCUT2D eigenvalue weighted by Gasteiger charge is 2.35. The smallest absolute Gasteiger partial charge is 0.282 e. The molecule has 0 N–H and O–H groups in total. The van der Waals surface area contributed by atoms with E-state index in [1.165, 1.54) is 4.31 Å². The van der Waals surface area contributed by atoms with E-state index in [-0.39, 0.29) is 6.04 Å². The second-order valence-corrected chi connectivity index (χ2v) is 7.33. The Bertz CT molecular complexity index is 362. The lowest BCUT2D eigenvalue weighted by molar-refractivity contribution is 0.177. The molecule has 1 unspecified atom stereocenters. The van der Waals surface area contributed by atoms with Gasteiger partial charge in [-0.25, -0.2) is 0 Å². The first-order chi connectivity index (χ1) is 8.55. The van der Waals surface area contributed by atoms with Crippen molar-refractivity contribution in [2.24, 2.45) is 5.92 Å². The number of likely N-dealkylation sites (N-methyl/N-ethyl adjacent to an activating group) is 1. The van der Waals surface area contributed by atoms with Crippen LogP contribution in [-0.4, -0.2) is 62.3 Å². The molecule has 2 saturated heterocycles. The summed E-state index contributed by atoms with van der Waals surface area (Å²) in [5.74, 6) is 1.08. The summed E-state index contributed by atoms with van der Waals surface area (Å²) >= 11 is 5.81. The van der Waals surface area contributed by atoms with E-state index >= 15 is 0 Å². The van der Waals surface area contributed by atoms with Gasteiger partial charge < -0.3 is 4.74 Å². The average Bonchev–Trinajstić information content (AvgIpc) is 2.91. The topological polar surface area (TPSA) is 49.9 Å². The Kier molecular flexibility index (Phi) is 4.88.